The Balaban J connectivity index is 2.63. The van der Waals surface area contributed by atoms with E-state index >= 15 is 0 Å². The van der Waals surface area contributed by atoms with Crippen molar-refractivity contribution in [3.63, 3.8) is 0 Å². The number of hydrogen-bond donors (Lipinski definition) is 4. The number of phenolic OH excluding ortho intramolecular Hbond substituents is 1. The Kier molecular flexibility index (Phi) is 5.28. The molecule has 0 aliphatic carbocycles. The minimum atomic E-state index is -1.48. The van der Waals surface area contributed by atoms with Crippen molar-refractivity contribution in [2.45, 2.75) is 12.5 Å². The van der Waals surface area contributed by atoms with Gasteiger partial charge in [0.1, 0.15) is 11.8 Å². The van der Waals surface area contributed by atoms with E-state index in [0.29, 0.717) is 5.56 Å². The van der Waals surface area contributed by atoms with Gasteiger partial charge in [-0.1, -0.05) is 12.1 Å². The van der Waals surface area contributed by atoms with E-state index in [9.17, 15) is 14.4 Å². The number of nitrogens with one attached hydrogen (secondary N) is 1. The van der Waals surface area contributed by atoms with Gasteiger partial charge in [-0.15, -0.1) is 0 Å². The van der Waals surface area contributed by atoms with Gasteiger partial charge < -0.3 is 20.6 Å². The molecule has 1 aromatic carbocycles. The fourth-order valence-electron chi connectivity index (χ4n) is 1.35. The van der Waals surface area contributed by atoms with Crippen molar-refractivity contribution in [3.05, 3.63) is 35.9 Å². The monoisotopic (exact) mass is 279 g/mol. The average Bonchev–Trinajstić information content (AvgIpc) is 2.36. The fraction of sp³-hybridized carbons (Fsp3) is 0.154. The van der Waals surface area contributed by atoms with Crippen LogP contribution in [0.25, 0.3) is 6.08 Å². The molecule has 1 rings (SSSR count). The molecule has 20 heavy (non-hydrogen) atoms. The zero-order valence-electron chi connectivity index (χ0n) is 10.3. The molecule has 4 N–H and O–H groups in total. The summed E-state index contributed by atoms with van der Waals surface area (Å²) >= 11 is 0. The number of carbonyl (C=O) groups is 3. The molecule has 0 saturated heterocycles. The van der Waals surface area contributed by atoms with Crippen LogP contribution in [0.5, 0.6) is 5.75 Å². The smallest absolute Gasteiger partial charge is 0.326 e. The minimum Gasteiger partial charge on any atom is -0.508 e. The quantitative estimate of drug-likeness (QED) is 0.560. The van der Waals surface area contributed by atoms with Crippen molar-refractivity contribution >= 4 is 23.9 Å². The zero-order chi connectivity index (χ0) is 15.1. The Hall–Kier alpha value is -2.83. The molecular weight excluding hydrogens is 266 g/mol. The van der Waals surface area contributed by atoms with Gasteiger partial charge in [-0.05, 0) is 23.8 Å². The van der Waals surface area contributed by atoms with E-state index in [1.54, 1.807) is 12.1 Å². The van der Waals surface area contributed by atoms with Gasteiger partial charge in [0.2, 0.25) is 5.91 Å². The summed E-state index contributed by atoms with van der Waals surface area (Å²) in [7, 11) is 0. The predicted octanol–water partition coefficient (Wildman–Crippen LogP) is 0.449. The van der Waals surface area contributed by atoms with Crippen LogP contribution < -0.4 is 5.32 Å². The zero-order valence-corrected chi connectivity index (χ0v) is 10.3. The van der Waals surface area contributed by atoms with Gasteiger partial charge in [0.25, 0.3) is 0 Å². The number of amides is 1. The van der Waals surface area contributed by atoms with Crippen molar-refractivity contribution in [1.29, 1.82) is 0 Å². The second-order valence-electron chi connectivity index (χ2n) is 3.92. The third kappa shape index (κ3) is 5.21. The molecule has 1 atom stereocenters. The number of aromatic hydroxyl groups is 1. The van der Waals surface area contributed by atoms with Gasteiger partial charge in [0.15, 0.2) is 0 Å². The highest BCUT2D eigenvalue weighted by Gasteiger charge is 2.21. The first-order valence-electron chi connectivity index (χ1n) is 5.60. The minimum absolute atomic E-state index is 0.0824. The first-order valence-corrected chi connectivity index (χ1v) is 5.60. The van der Waals surface area contributed by atoms with Gasteiger partial charge in [0.05, 0.1) is 6.42 Å². The predicted molar refractivity (Wildman–Crippen MR) is 69.0 cm³/mol. The molecule has 0 saturated carbocycles. The van der Waals surface area contributed by atoms with E-state index in [1.807, 2.05) is 0 Å². The molecular formula is C13H13NO6. The highest BCUT2D eigenvalue weighted by atomic mass is 16.4. The van der Waals surface area contributed by atoms with Crippen LogP contribution in [0.1, 0.15) is 12.0 Å². The summed E-state index contributed by atoms with van der Waals surface area (Å²) in [5.74, 6) is -3.37. The van der Waals surface area contributed by atoms with E-state index in [0.717, 1.165) is 6.08 Å². The first kappa shape index (κ1) is 15.2. The average molecular weight is 279 g/mol. The molecule has 0 spiro atoms. The summed E-state index contributed by atoms with van der Waals surface area (Å²) in [6, 6.07) is 4.50. The molecule has 0 unspecified atom stereocenters. The Morgan fingerprint density at radius 1 is 1.15 bits per heavy atom. The first-order chi connectivity index (χ1) is 9.38. The van der Waals surface area contributed by atoms with Crippen molar-refractivity contribution < 1.29 is 29.7 Å². The van der Waals surface area contributed by atoms with E-state index in [-0.39, 0.29) is 5.75 Å². The van der Waals surface area contributed by atoms with E-state index in [2.05, 4.69) is 5.32 Å². The lowest BCUT2D eigenvalue weighted by Gasteiger charge is -2.10. The molecule has 0 aromatic heterocycles. The Morgan fingerprint density at radius 2 is 1.75 bits per heavy atom. The fourth-order valence-corrected chi connectivity index (χ4v) is 1.35. The largest absolute Gasteiger partial charge is 0.508 e. The summed E-state index contributed by atoms with van der Waals surface area (Å²) in [5.41, 5.74) is 0.628. The lowest BCUT2D eigenvalue weighted by atomic mass is 10.2. The molecule has 0 radical (unpaired) electrons. The number of carboxylic acid groups (broad SMARTS) is 2. The number of aliphatic carboxylic acids is 2. The summed E-state index contributed by atoms with van der Waals surface area (Å²) in [6.45, 7) is 0. The van der Waals surface area contributed by atoms with Gasteiger partial charge in [-0.25, -0.2) is 4.79 Å². The summed E-state index contributed by atoms with van der Waals surface area (Å²) in [4.78, 5) is 32.7. The van der Waals surface area contributed by atoms with Crippen LogP contribution in [0.4, 0.5) is 0 Å². The van der Waals surface area contributed by atoms with Crippen LogP contribution in [0, 0.1) is 0 Å². The lowest BCUT2D eigenvalue weighted by molar-refractivity contribution is -0.146. The van der Waals surface area contributed by atoms with Crippen molar-refractivity contribution in [3.8, 4) is 5.75 Å². The maximum Gasteiger partial charge on any atom is 0.326 e. The van der Waals surface area contributed by atoms with Crippen LogP contribution in [-0.4, -0.2) is 39.2 Å². The van der Waals surface area contributed by atoms with Crippen molar-refractivity contribution in [1.82, 2.24) is 5.32 Å². The maximum absolute atomic E-state index is 11.5. The lowest BCUT2D eigenvalue weighted by Crippen LogP contribution is -2.41. The highest BCUT2D eigenvalue weighted by molar-refractivity contribution is 5.95. The number of rotatable bonds is 6. The van der Waals surface area contributed by atoms with E-state index < -0.39 is 30.3 Å². The molecule has 0 fully saturated rings. The molecule has 0 aliphatic heterocycles. The second kappa shape index (κ2) is 6.93. The number of carbonyl (C=O) groups excluding carboxylic acids is 1. The molecule has 0 heterocycles. The van der Waals surface area contributed by atoms with Crippen LogP contribution in [0.3, 0.4) is 0 Å². The number of hydrogen-bond acceptors (Lipinski definition) is 4. The van der Waals surface area contributed by atoms with Gasteiger partial charge in [-0.3, -0.25) is 9.59 Å². The van der Waals surface area contributed by atoms with E-state index in [1.165, 1.54) is 18.2 Å². The Morgan fingerprint density at radius 3 is 2.25 bits per heavy atom. The standard InChI is InChI=1S/C13H13NO6/c15-9-4-1-8(2-5-9)3-6-11(16)14-10(13(19)20)7-12(17)18/h1-6,10,15H,7H2,(H,14,16)(H,17,18)(H,19,20)/b6-3+/t10-/m0/s1. The number of benzene rings is 1. The highest BCUT2D eigenvalue weighted by Crippen LogP contribution is 2.10. The molecule has 106 valence electrons. The van der Waals surface area contributed by atoms with Crippen LogP contribution in [0.15, 0.2) is 30.3 Å². The topological polar surface area (TPSA) is 124 Å². The van der Waals surface area contributed by atoms with Crippen molar-refractivity contribution in [2.75, 3.05) is 0 Å². The summed E-state index contributed by atoms with van der Waals surface area (Å²) < 4.78 is 0. The summed E-state index contributed by atoms with van der Waals surface area (Å²) in [5, 5.41) is 28.4. The van der Waals surface area contributed by atoms with Gasteiger partial charge >= 0.3 is 11.9 Å². The third-order valence-corrected chi connectivity index (χ3v) is 2.31. The number of phenols is 1. The summed E-state index contributed by atoms with van der Waals surface area (Å²) in [6.07, 6.45) is 1.80. The van der Waals surface area contributed by atoms with Crippen LogP contribution >= 0.6 is 0 Å². The second-order valence-corrected chi connectivity index (χ2v) is 3.92. The molecule has 0 bridgehead atoms. The third-order valence-electron chi connectivity index (χ3n) is 2.31. The van der Waals surface area contributed by atoms with Crippen molar-refractivity contribution in [2.24, 2.45) is 0 Å². The molecule has 1 amide bonds. The normalized spacial score (nSPS) is 12.0. The van der Waals surface area contributed by atoms with Crippen LogP contribution in [0.2, 0.25) is 0 Å². The molecule has 7 heteroatoms. The van der Waals surface area contributed by atoms with Gasteiger partial charge in [0, 0.05) is 6.08 Å². The molecule has 0 aliphatic rings. The maximum atomic E-state index is 11.5. The Labute approximate surface area is 114 Å². The Bertz CT molecular complexity index is 534. The van der Waals surface area contributed by atoms with E-state index in [4.69, 9.17) is 15.3 Å². The van der Waals surface area contributed by atoms with Crippen LogP contribution in [-0.2, 0) is 14.4 Å². The number of carboxylic acids is 2. The molecule has 7 nitrogen and oxygen atoms in total. The SMILES string of the molecule is O=C(O)C[C@H](NC(=O)/C=C/c1ccc(O)cc1)C(=O)O. The molecule has 1 aromatic rings. The van der Waals surface area contributed by atoms with Gasteiger partial charge in [-0.2, -0.15) is 0 Å².